The quantitative estimate of drug-likeness (QED) is 0.159. The number of carbonyl (C=O) groups is 1. The predicted octanol–water partition coefficient (Wildman–Crippen LogP) is 8.84. The van der Waals surface area contributed by atoms with Crippen LogP contribution in [-0.2, 0) is 4.79 Å². The maximum Gasteiger partial charge on any atom is 0.185 e. The fraction of sp³-hybridized carbons (Fsp3) is 0.500. The van der Waals surface area contributed by atoms with Crippen molar-refractivity contribution < 1.29 is 23.7 Å². The molecule has 5 nitrogen and oxygen atoms in total. The molecule has 1 aliphatic carbocycles. The van der Waals surface area contributed by atoms with Crippen LogP contribution in [0.5, 0.6) is 23.0 Å². The van der Waals surface area contributed by atoms with E-state index in [1.807, 2.05) is 48.6 Å². The van der Waals surface area contributed by atoms with Crippen LogP contribution in [0.25, 0.3) is 12.2 Å². The minimum atomic E-state index is 0.103. The largest absolute Gasteiger partial charge is 0.493 e. The van der Waals surface area contributed by atoms with Gasteiger partial charge in [0.25, 0.3) is 0 Å². The molecular weight excluding hydrogens is 488 g/mol. The van der Waals surface area contributed by atoms with Gasteiger partial charge >= 0.3 is 0 Å². The molecule has 39 heavy (non-hydrogen) atoms. The number of ketones is 1. The highest BCUT2D eigenvalue weighted by atomic mass is 16.5. The molecular formula is C34H46O5. The summed E-state index contributed by atoms with van der Waals surface area (Å²) in [5.41, 5.74) is 3.53. The molecule has 0 radical (unpaired) electrons. The zero-order valence-electron chi connectivity index (χ0n) is 24.4. The van der Waals surface area contributed by atoms with Crippen LogP contribution in [0.1, 0.15) is 95.6 Å². The standard InChI is InChI=1S/C34H46O5/c1-5-7-9-11-20-38-30-18-16-26(24-32(30)36-3)22-28-14-13-15-29(34(28)35)23-27-17-19-31(33(25-27)37-4)39-21-12-10-8-6-2/h16-19,22-25H,5-15,20-21H2,1-4H3/b28-22-,29-23+. The summed E-state index contributed by atoms with van der Waals surface area (Å²) in [7, 11) is 3.31. The van der Waals surface area contributed by atoms with E-state index in [0.29, 0.717) is 24.7 Å². The molecule has 0 N–H and O–H groups in total. The Morgan fingerprint density at radius 3 is 1.51 bits per heavy atom. The van der Waals surface area contributed by atoms with Gasteiger partial charge in [0.15, 0.2) is 28.8 Å². The Morgan fingerprint density at radius 2 is 1.10 bits per heavy atom. The van der Waals surface area contributed by atoms with Gasteiger partial charge in [-0.15, -0.1) is 0 Å². The lowest BCUT2D eigenvalue weighted by Crippen LogP contribution is -2.12. The van der Waals surface area contributed by atoms with Crippen molar-refractivity contribution in [3.8, 4) is 23.0 Å². The number of hydrogen-bond donors (Lipinski definition) is 0. The summed E-state index contributed by atoms with van der Waals surface area (Å²) in [4.78, 5) is 13.4. The number of carbonyl (C=O) groups excluding carboxylic acids is 1. The lowest BCUT2D eigenvalue weighted by molar-refractivity contribution is -0.112. The van der Waals surface area contributed by atoms with Crippen molar-refractivity contribution >= 4 is 17.9 Å². The van der Waals surface area contributed by atoms with Crippen molar-refractivity contribution in [3.05, 3.63) is 58.7 Å². The summed E-state index contributed by atoms with van der Waals surface area (Å²) < 4.78 is 23.1. The van der Waals surface area contributed by atoms with Crippen LogP contribution in [0.4, 0.5) is 0 Å². The maximum atomic E-state index is 13.4. The molecule has 0 spiro atoms. The van der Waals surface area contributed by atoms with Crippen LogP contribution < -0.4 is 18.9 Å². The average molecular weight is 535 g/mol. The van der Waals surface area contributed by atoms with E-state index in [-0.39, 0.29) is 5.78 Å². The van der Waals surface area contributed by atoms with Gasteiger partial charge < -0.3 is 18.9 Å². The molecule has 0 bridgehead atoms. The van der Waals surface area contributed by atoms with Crippen molar-refractivity contribution in [1.82, 2.24) is 0 Å². The Morgan fingerprint density at radius 1 is 0.641 bits per heavy atom. The summed E-state index contributed by atoms with van der Waals surface area (Å²) in [5, 5.41) is 0. The van der Waals surface area contributed by atoms with E-state index in [0.717, 1.165) is 65.9 Å². The molecule has 2 aromatic rings. The van der Waals surface area contributed by atoms with Crippen molar-refractivity contribution in [2.75, 3.05) is 27.4 Å². The highest BCUT2D eigenvalue weighted by Crippen LogP contribution is 2.34. The topological polar surface area (TPSA) is 54.0 Å². The first-order valence-corrected chi connectivity index (χ1v) is 14.7. The molecule has 3 rings (SSSR count). The second-order valence-corrected chi connectivity index (χ2v) is 10.2. The molecule has 0 heterocycles. The van der Waals surface area contributed by atoms with Crippen LogP contribution in [0.15, 0.2) is 47.5 Å². The Hall–Kier alpha value is -3.21. The molecule has 1 fully saturated rings. The first-order chi connectivity index (χ1) is 19.1. The SMILES string of the molecule is CCCCCCOc1ccc(/C=C2/CCC/C(=C\c3ccc(OCCCCCC)c(OC)c3)C2=O)cc1OC. The van der Waals surface area contributed by atoms with E-state index in [9.17, 15) is 4.79 Å². The summed E-state index contributed by atoms with van der Waals surface area (Å²) >= 11 is 0. The number of allylic oxidation sites excluding steroid dienone is 2. The Balaban J connectivity index is 1.69. The Bertz CT molecular complexity index is 1030. The van der Waals surface area contributed by atoms with Crippen molar-refractivity contribution in [1.29, 1.82) is 0 Å². The van der Waals surface area contributed by atoms with Crippen LogP contribution in [-0.4, -0.2) is 33.2 Å². The first kappa shape index (κ1) is 30.3. The summed E-state index contributed by atoms with van der Waals surface area (Å²) in [6, 6.07) is 11.8. The maximum absolute atomic E-state index is 13.4. The summed E-state index contributed by atoms with van der Waals surface area (Å²) in [6.07, 6.45) is 15.7. The predicted molar refractivity (Wildman–Crippen MR) is 160 cm³/mol. The molecule has 0 amide bonds. The number of rotatable bonds is 16. The Labute approximate surface area is 235 Å². The third-order valence-corrected chi connectivity index (χ3v) is 7.04. The molecule has 0 aliphatic heterocycles. The molecule has 0 unspecified atom stereocenters. The second kappa shape index (κ2) is 16.7. The van der Waals surface area contributed by atoms with Gasteiger partial charge in [0.1, 0.15) is 0 Å². The molecule has 2 aromatic carbocycles. The molecule has 0 aromatic heterocycles. The molecule has 1 aliphatic rings. The molecule has 1 saturated carbocycles. The monoisotopic (exact) mass is 534 g/mol. The van der Waals surface area contributed by atoms with Crippen LogP contribution >= 0.6 is 0 Å². The van der Waals surface area contributed by atoms with Gasteiger partial charge in [-0.25, -0.2) is 0 Å². The smallest absolute Gasteiger partial charge is 0.185 e. The fourth-order valence-electron chi connectivity index (χ4n) is 4.79. The molecule has 212 valence electrons. The number of unbranched alkanes of at least 4 members (excludes halogenated alkanes) is 6. The van der Waals surface area contributed by atoms with Crippen molar-refractivity contribution in [3.63, 3.8) is 0 Å². The van der Waals surface area contributed by atoms with Gasteiger partial charge in [0, 0.05) is 11.1 Å². The van der Waals surface area contributed by atoms with Crippen molar-refractivity contribution in [2.24, 2.45) is 0 Å². The molecule has 0 atom stereocenters. The van der Waals surface area contributed by atoms with E-state index in [1.54, 1.807) is 14.2 Å². The van der Waals surface area contributed by atoms with E-state index >= 15 is 0 Å². The zero-order chi connectivity index (χ0) is 27.9. The lowest BCUT2D eigenvalue weighted by Gasteiger charge is -2.17. The highest BCUT2D eigenvalue weighted by Gasteiger charge is 2.21. The van der Waals surface area contributed by atoms with Gasteiger partial charge in [-0.1, -0.05) is 64.5 Å². The number of benzene rings is 2. The highest BCUT2D eigenvalue weighted by molar-refractivity contribution is 6.14. The number of Topliss-reactive ketones (excluding diaryl/α,β-unsaturated/α-hetero) is 1. The number of hydrogen-bond acceptors (Lipinski definition) is 5. The summed E-state index contributed by atoms with van der Waals surface area (Å²) in [6.45, 7) is 5.77. The van der Waals surface area contributed by atoms with Crippen LogP contribution in [0, 0.1) is 0 Å². The second-order valence-electron chi connectivity index (χ2n) is 10.2. The number of methoxy groups -OCH3 is 2. The van der Waals surface area contributed by atoms with Gasteiger partial charge in [-0.2, -0.15) is 0 Å². The van der Waals surface area contributed by atoms with E-state index in [4.69, 9.17) is 18.9 Å². The minimum Gasteiger partial charge on any atom is -0.493 e. The third kappa shape index (κ3) is 9.49. The third-order valence-electron chi connectivity index (χ3n) is 7.04. The summed E-state index contributed by atoms with van der Waals surface area (Å²) in [5.74, 6) is 2.98. The molecule has 0 saturated heterocycles. The van der Waals surface area contributed by atoms with E-state index in [1.165, 1.54) is 38.5 Å². The van der Waals surface area contributed by atoms with Gasteiger partial charge in [-0.05, 0) is 79.6 Å². The zero-order valence-corrected chi connectivity index (χ0v) is 24.4. The van der Waals surface area contributed by atoms with Gasteiger partial charge in [0.05, 0.1) is 27.4 Å². The first-order valence-electron chi connectivity index (χ1n) is 14.7. The minimum absolute atomic E-state index is 0.103. The van der Waals surface area contributed by atoms with Crippen LogP contribution in [0.3, 0.4) is 0 Å². The van der Waals surface area contributed by atoms with E-state index in [2.05, 4.69) is 13.8 Å². The fourth-order valence-corrected chi connectivity index (χ4v) is 4.79. The van der Waals surface area contributed by atoms with Gasteiger partial charge in [0.2, 0.25) is 0 Å². The lowest BCUT2D eigenvalue weighted by atomic mass is 9.87. The Kier molecular flexibility index (Phi) is 13.0. The average Bonchev–Trinajstić information content (AvgIpc) is 2.96. The molecule has 5 heteroatoms. The van der Waals surface area contributed by atoms with Crippen LogP contribution in [0.2, 0.25) is 0 Å². The normalized spacial score (nSPS) is 15.5. The van der Waals surface area contributed by atoms with Gasteiger partial charge in [-0.3, -0.25) is 4.79 Å². The van der Waals surface area contributed by atoms with Crippen molar-refractivity contribution in [2.45, 2.75) is 84.5 Å². The van der Waals surface area contributed by atoms with E-state index < -0.39 is 0 Å². The number of ether oxygens (including phenoxy) is 4.